The highest BCUT2D eigenvalue weighted by molar-refractivity contribution is 7.86. The summed E-state index contributed by atoms with van der Waals surface area (Å²) < 4.78 is 34.6. The summed E-state index contributed by atoms with van der Waals surface area (Å²) >= 11 is 0. The Balaban J connectivity index is 2.90. The van der Waals surface area contributed by atoms with Gasteiger partial charge in [-0.05, 0) is 12.1 Å². The molecule has 1 aromatic rings. The molecule has 0 amide bonds. The molecule has 0 bridgehead atoms. The van der Waals surface area contributed by atoms with E-state index in [4.69, 9.17) is 4.55 Å². The second-order valence-corrected chi connectivity index (χ2v) is 4.50. The summed E-state index contributed by atoms with van der Waals surface area (Å²) in [7, 11) is -4.67. The average Bonchev–Trinajstić information content (AvgIpc) is 2.03. The van der Waals surface area contributed by atoms with Gasteiger partial charge in [-0.2, -0.15) is 8.42 Å². The van der Waals surface area contributed by atoms with Crippen LogP contribution >= 0.6 is 0 Å². The van der Waals surface area contributed by atoms with Crippen molar-refractivity contribution < 1.29 is 22.8 Å². The van der Waals surface area contributed by atoms with E-state index in [-0.39, 0.29) is 5.75 Å². The molecule has 0 aromatic heterocycles. The van der Waals surface area contributed by atoms with Crippen molar-refractivity contribution in [1.82, 2.24) is 0 Å². The van der Waals surface area contributed by atoms with Gasteiger partial charge >= 0.3 is 15.2 Å². The van der Waals surface area contributed by atoms with E-state index < -0.39 is 15.2 Å². The molecule has 0 aliphatic heterocycles. The Morgan fingerprint density at radius 1 is 1.29 bits per heavy atom. The van der Waals surface area contributed by atoms with Crippen LogP contribution in [0.1, 0.15) is 6.92 Å². The summed E-state index contributed by atoms with van der Waals surface area (Å²) in [4.78, 5) is 0. The fraction of sp³-hybridized carbons (Fsp3) is 0.250. The van der Waals surface area contributed by atoms with Crippen molar-refractivity contribution in [3.05, 3.63) is 30.3 Å². The molecular formula is C8H10O5S. The Hall–Kier alpha value is -1.11. The summed E-state index contributed by atoms with van der Waals surface area (Å²) in [5.74, 6) is 0.148. The Kier molecular flexibility index (Phi) is 2.79. The van der Waals surface area contributed by atoms with Crippen LogP contribution in [0, 0.1) is 0 Å². The van der Waals surface area contributed by atoms with Crippen molar-refractivity contribution in [2.75, 3.05) is 0 Å². The molecule has 5 nitrogen and oxygen atoms in total. The van der Waals surface area contributed by atoms with Crippen LogP contribution in [-0.4, -0.2) is 23.2 Å². The minimum atomic E-state index is -4.67. The van der Waals surface area contributed by atoms with Crippen molar-refractivity contribution in [3.63, 3.8) is 0 Å². The van der Waals surface area contributed by atoms with Crippen LogP contribution < -0.4 is 4.74 Å². The molecule has 1 atom stereocenters. The maximum Gasteiger partial charge on any atom is 0.335 e. The van der Waals surface area contributed by atoms with Gasteiger partial charge in [0.05, 0.1) is 0 Å². The minimum Gasteiger partial charge on any atom is -0.447 e. The van der Waals surface area contributed by atoms with Gasteiger partial charge in [0.15, 0.2) is 0 Å². The third kappa shape index (κ3) is 2.44. The highest BCUT2D eigenvalue weighted by atomic mass is 32.2. The highest BCUT2D eigenvalue weighted by Gasteiger charge is 2.38. The molecule has 0 heterocycles. The lowest BCUT2D eigenvalue weighted by atomic mass is 10.3. The van der Waals surface area contributed by atoms with Crippen molar-refractivity contribution >= 4 is 10.1 Å². The number of rotatable bonds is 3. The van der Waals surface area contributed by atoms with Gasteiger partial charge in [0, 0.05) is 6.92 Å². The monoisotopic (exact) mass is 218 g/mol. The molecule has 0 fully saturated rings. The first-order chi connectivity index (χ1) is 6.33. The molecule has 0 aliphatic rings. The lowest BCUT2D eigenvalue weighted by molar-refractivity contribution is -0.0519. The molecule has 0 spiro atoms. The number of benzene rings is 1. The van der Waals surface area contributed by atoms with Crippen LogP contribution in [0.2, 0.25) is 0 Å². The zero-order valence-corrected chi connectivity index (χ0v) is 8.23. The predicted molar refractivity (Wildman–Crippen MR) is 49.2 cm³/mol. The van der Waals surface area contributed by atoms with Gasteiger partial charge in [-0.1, -0.05) is 18.2 Å². The van der Waals surface area contributed by atoms with Gasteiger partial charge in [-0.15, -0.1) is 0 Å². The van der Waals surface area contributed by atoms with Crippen LogP contribution in [0.15, 0.2) is 30.3 Å². The van der Waals surface area contributed by atoms with Gasteiger partial charge in [0.2, 0.25) is 0 Å². The van der Waals surface area contributed by atoms with E-state index in [1.54, 1.807) is 18.2 Å². The summed E-state index contributed by atoms with van der Waals surface area (Å²) in [5, 5.41) is 6.61. The Bertz CT molecular complexity index is 395. The molecular weight excluding hydrogens is 208 g/mol. The van der Waals surface area contributed by atoms with Crippen molar-refractivity contribution in [1.29, 1.82) is 0 Å². The van der Waals surface area contributed by atoms with E-state index in [2.05, 4.69) is 4.74 Å². The number of hydrogen-bond acceptors (Lipinski definition) is 4. The van der Waals surface area contributed by atoms with Gasteiger partial charge in [0.25, 0.3) is 0 Å². The molecule has 1 rings (SSSR count). The molecule has 2 N–H and O–H groups in total. The molecule has 1 aromatic carbocycles. The number of para-hydroxylation sites is 1. The number of hydrogen-bond donors (Lipinski definition) is 2. The lowest BCUT2D eigenvalue weighted by Crippen LogP contribution is -2.40. The Morgan fingerprint density at radius 3 is 2.21 bits per heavy atom. The zero-order valence-electron chi connectivity index (χ0n) is 7.41. The predicted octanol–water partition coefficient (Wildman–Crippen LogP) is 0.619. The SMILES string of the molecule is CC(O)(Oc1ccccc1)S(=O)(=O)O. The normalized spacial score (nSPS) is 15.9. The van der Waals surface area contributed by atoms with Crippen LogP contribution in [0.5, 0.6) is 5.75 Å². The molecule has 0 aliphatic carbocycles. The first kappa shape index (κ1) is 11.0. The first-order valence-electron chi connectivity index (χ1n) is 3.76. The third-order valence-electron chi connectivity index (χ3n) is 1.53. The smallest absolute Gasteiger partial charge is 0.335 e. The topological polar surface area (TPSA) is 83.8 Å². The van der Waals surface area contributed by atoms with Crippen molar-refractivity contribution in [2.24, 2.45) is 0 Å². The van der Waals surface area contributed by atoms with Gasteiger partial charge in [-0.25, -0.2) is 0 Å². The number of aliphatic hydroxyl groups is 1. The second-order valence-electron chi connectivity index (χ2n) is 2.79. The highest BCUT2D eigenvalue weighted by Crippen LogP contribution is 2.19. The fourth-order valence-electron chi connectivity index (χ4n) is 0.760. The van der Waals surface area contributed by atoms with Gasteiger partial charge < -0.3 is 9.84 Å². The Labute approximate surface area is 81.7 Å². The van der Waals surface area contributed by atoms with Gasteiger partial charge in [-0.3, -0.25) is 4.55 Å². The van der Waals surface area contributed by atoms with Crippen molar-refractivity contribution in [2.45, 2.75) is 12.0 Å². The zero-order chi connectivity index (χ0) is 10.8. The summed E-state index contributed by atoms with van der Waals surface area (Å²) in [6.07, 6.45) is 0. The van der Waals surface area contributed by atoms with E-state index in [1.807, 2.05) is 0 Å². The molecule has 0 saturated carbocycles. The molecule has 0 radical (unpaired) electrons. The minimum absolute atomic E-state index is 0.148. The van der Waals surface area contributed by atoms with Crippen LogP contribution in [0.4, 0.5) is 0 Å². The quantitative estimate of drug-likeness (QED) is 0.574. The standard InChI is InChI=1S/C8H10O5S/c1-8(9,14(10,11)12)13-7-5-3-2-4-6-7/h2-6,9H,1H3,(H,10,11,12). The van der Waals surface area contributed by atoms with Crippen LogP contribution in [-0.2, 0) is 10.1 Å². The van der Waals surface area contributed by atoms with Crippen LogP contribution in [0.3, 0.4) is 0 Å². The molecule has 0 saturated heterocycles. The van der Waals surface area contributed by atoms with Gasteiger partial charge in [0.1, 0.15) is 5.75 Å². The Morgan fingerprint density at radius 2 is 1.79 bits per heavy atom. The van der Waals surface area contributed by atoms with Crippen LogP contribution in [0.25, 0.3) is 0 Å². The molecule has 78 valence electrons. The molecule has 14 heavy (non-hydrogen) atoms. The average molecular weight is 218 g/mol. The number of ether oxygens (including phenoxy) is 1. The van der Waals surface area contributed by atoms with E-state index in [1.165, 1.54) is 12.1 Å². The van der Waals surface area contributed by atoms with E-state index in [9.17, 15) is 13.5 Å². The summed E-state index contributed by atoms with van der Waals surface area (Å²) in [5.41, 5.74) is 0. The lowest BCUT2D eigenvalue weighted by Gasteiger charge is -2.20. The first-order valence-corrected chi connectivity index (χ1v) is 5.20. The van der Waals surface area contributed by atoms with Crippen molar-refractivity contribution in [3.8, 4) is 5.75 Å². The fourth-order valence-corrected chi connectivity index (χ4v) is 0.961. The second kappa shape index (κ2) is 3.56. The molecule has 1 unspecified atom stereocenters. The maximum absolute atomic E-state index is 10.6. The summed E-state index contributed by atoms with van der Waals surface area (Å²) in [6, 6.07) is 7.83. The molecule has 6 heteroatoms. The summed E-state index contributed by atoms with van der Waals surface area (Å²) in [6.45, 7) is 0.843. The maximum atomic E-state index is 10.6. The van der Waals surface area contributed by atoms with E-state index >= 15 is 0 Å². The van der Waals surface area contributed by atoms with E-state index in [0.717, 1.165) is 6.92 Å². The third-order valence-corrected chi connectivity index (χ3v) is 2.57. The van der Waals surface area contributed by atoms with E-state index in [0.29, 0.717) is 0 Å². The largest absolute Gasteiger partial charge is 0.447 e.